The average molecular weight is 362 g/mol. The fourth-order valence-electron chi connectivity index (χ4n) is 1.68. The average Bonchev–Trinajstić information content (AvgIpc) is 2.39. The summed E-state index contributed by atoms with van der Waals surface area (Å²) in [4.78, 5) is 11.7. The van der Waals surface area contributed by atoms with Gasteiger partial charge in [0, 0.05) is 11.0 Å². The molecule has 0 bridgehead atoms. The van der Waals surface area contributed by atoms with Crippen molar-refractivity contribution in [1.82, 2.24) is 5.32 Å². The van der Waals surface area contributed by atoms with E-state index >= 15 is 0 Å². The Balaban J connectivity index is 2.13. The summed E-state index contributed by atoms with van der Waals surface area (Å²) in [5, 5.41) is 2.24. The highest BCUT2D eigenvalue weighted by molar-refractivity contribution is 9.10. The molecule has 0 radical (unpaired) electrons. The Morgan fingerprint density at radius 2 is 1.57 bits per heavy atom. The van der Waals surface area contributed by atoms with Gasteiger partial charge < -0.3 is 5.32 Å². The van der Waals surface area contributed by atoms with Crippen LogP contribution >= 0.6 is 15.9 Å². The Morgan fingerprint density at radius 1 is 0.952 bits per heavy atom. The van der Waals surface area contributed by atoms with Crippen LogP contribution in [-0.2, 0) is 6.54 Å². The molecule has 0 fully saturated rings. The van der Waals surface area contributed by atoms with Gasteiger partial charge in [-0.05, 0) is 29.8 Å². The van der Waals surface area contributed by atoms with E-state index in [1.807, 2.05) is 0 Å². The van der Waals surface area contributed by atoms with Gasteiger partial charge in [-0.15, -0.1) is 0 Å². The molecule has 21 heavy (non-hydrogen) atoms. The number of halogens is 5. The first kappa shape index (κ1) is 15.5. The first-order chi connectivity index (χ1) is 9.88. The van der Waals surface area contributed by atoms with Crippen molar-refractivity contribution in [2.24, 2.45) is 0 Å². The molecule has 1 N–H and O–H groups in total. The van der Waals surface area contributed by atoms with Crippen molar-refractivity contribution in [3.63, 3.8) is 0 Å². The molecule has 0 unspecified atom stereocenters. The predicted octanol–water partition coefficient (Wildman–Crippen LogP) is 3.94. The molecule has 0 saturated carbocycles. The van der Waals surface area contributed by atoms with E-state index in [0.29, 0.717) is 0 Å². The van der Waals surface area contributed by atoms with Crippen LogP contribution in [-0.4, -0.2) is 5.91 Å². The van der Waals surface area contributed by atoms with E-state index in [4.69, 9.17) is 0 Å². The molecule has 0 aliphatic heterocycles. The van der Waals surface area contributed by atoms with Crippen molar-refractivity contribution in [3.8, 4) is 0 Å². The van der Waals surface area contributed by atoms with Gasteiger partial charge in [-0.25, -0.2) is 17.6 Å². The highest BCUT2D eigenvalue weighted by Crippen LogP contribution is 2.19. The lowest BCUT2D eigenvalue weighted by Crippen LogP contribution is -2.25. The quantitative estimate of drug-likeness (QED) is 0.824. The van der Waals surface area contributed by atoms with E-state index in [2.05, 4.69) is 21.2 Å². The molecule has 0 heterocycles. The Hall–Kier alpha value is -1.89. The molecular weight excluding hydrogens is 354 g/mol. The molecule has 0 spiro atoms. The maximum absolute atomic E-state index is 13.6. The van der Waals surface area contributed by atoms with Crippen molar-refractivity contribution >= 4 is 21.8 Å². The van der Waals surface area contributed by atoms with Crippen molar-refractivity contribution in [3.05, 3.63) is 69.2 Å². The largest absolute Gasteiger partial charge is 0.348 e. The van der Waals surface area contributed by atoms with Crippen LogP contribution in [0.5, 0.6) is 0 Å². The SMILES string of the molecule is O=C(NCc1ccc(F)c(F)c1)c1c(F)cc(Br)cc1F. The van der Waals surface area contributed by atoms with Crippen LogP contribution in [0, 0.1) is 23.3 Å². The third-order valence-electron chi connectivity index (χ3n) is 2.67. The third kappa shape index (κ3) is 3.60. The van der Waals surface area contributed by atoms with E-state index in [9.17, 15) is 22.4 Å². The Kier molecular flexibility index (Phi) is 4.62. The third-order valence-corrected chi connectivity index (χ3v) is 3.13. The fourth-order valence-corrected chi connectivity index (χ4v) is 2.08. The molecule has 2 rings (SSSR count). The van der Waals surface area contributed by atoms with Gasteiger partial charge in [0.2, 0.25) is 0 Å². The van der Waals surface area contributed by atoms with Crippen LogP contribution < -0.4 is 5.32 Å². The van der Waals surface area contributed by atoms with Crippen LogP contribution in [0.25, 0.3) is 0 Å². The maximum Gasteiger partial charge on any atom is 0.257 e. The minimum atomic E-state index is -1.07. The smallest absolute Gasteiger partial charge is 0.257 e. The van der Waals surface area contributed by atoms with Crippen LogP contribution in [0.1, 0.15) is 15.9 Å². The summed E-state index contributed by atoms with van der Waals surface area (Å²) >= 11 is 2.90. The number of benzene rings is 2. The highest BCUT2D eigenvalue weighted by Gasteiger charge is 2.18. The minimum Gasteiger partial charge on any atom is -0.348 e. The molecule has 0 aliphatic carbocycles. The number of amides is 1. The summed E-state index contributed by atoms with van der Waals surface area (Å²) in [6.07, 6.45) is 0. The first-order valence-electron chi connectivity index (χ1n) is 5.75. The molecule has 7 heteroatoms. The second-order valence-corrected chi connectivity index (χ2v) is 5.09. The number of carbonyl (C=O) groups excluding carboxylic acids is 1. The van der Waals surface area contributed by atoms with Crippen LogP contribution in [0.2, 0.25) is 0 Å². The number of nitrogens with one attached hydrogen (secondary N) is 1. The molecule has 2 aromatic rings. The standard InChI is InChI=1S/C14H8BrF4NO/c15-8-4-11(18)13(12(19)5-8)14(21)20-6-7-1-2-9(16)10(17)3-7/h1-5H,6H2,(H,20,21). The van der Waals surface area contributed by atoms with E-state index in [1.54, 1.807) is 0 Å². The molecular formula is C14H8BrF4NO. The van der Waals surface area contributed by atoms with Crippen LogP contribution in [0.15, 0.2) is 34.8 Å². The summed E-state index contributed by atoms with van der Waals surface area (Å²) in [6.45, 7) is -0.190. The van der Waals surface area contributed by atoms with Gasteiger partial charge in [0.25, 0.3) is 5.91 Å². The fraction of sp³-hybridized carbons (Fsp3) is 0.0714. The molecule has 0 saturated heterocycles. The minimum absolute atomic E-state index is 0.162. The topological polar surface area (TPSA) is 29.1 Å². The number of hydrogen-bond donors (Lipinski definition) is 1. The zero-order valence-corrected chi connectivity index (χ0v) is 12.0. The maximum atomic E-state index is 13.6. The number of hydrogen-bond acceptors (Lipinski definition) is 1. The van der Waals surface area contributed by atoms with Gasteiger partial charge in [0.1, 0.15) is 17.2 Å². The lowest BCUT2D eigenvalue weighted by atomic mass is 10.1. The van der Waals surface area contributed by atoms with E-state index in [0.717, 1.165) is 24.3 Å². The second-order valence-electron chi connectivity index (χ2n) is 4.18. The predicted molar refractivity (Wildman–Crippen MR) is 71.6 cm³/mol. The van der Waals surface area contributed by atoms with Gasteiger partial charge in [0.15, 0.2) is 11.6 Å². The number of rotatable bonds is 3. The van der Waals surface area contributed by atoms with Crippen molar-refractivity contribution < 1.29 is 22.4 Å². The van der Waals surface area contributed by atoms with Crippen LogP contribution in [0.4, 0.5) is 17.6 Å². The molecule has 1 amide bonds. The van der Waals surface area contributed by atoms with Gasteiger partial charge in [0.05, 0.1) is 0 Å². The monoisotopic (exact) mass is 361 g/mol. The Morgan fingerprint density at radius 3 is 2.14 bits per heavy atom. The Bertz CT molecular complexity index is 682. The van der Waals surface area contributed by atoms with Gasteiger partial charge in [-0.2, -0.15) is 0 Å². The summed E-state index contributed by atoms with van der Waals surface area (Å²) < 4.78 is 53.0. The van der Waals surface area contributed by atoms with E-state index in [1.165, 1.54) is 6.07 Å². The van der Waals surface area contributed by atoms with E-state index in [-0.39, 0.29) is 16.6 Å². The summed E-state index contributed by atoms with van der Waals surface area (Å²) in [5.41, 5.74) is -0.471. The van der Waals surface area contributed by atoms with Gasteiger partial charge in [-0.1, -0.05) is 22.0 Å². The normalized spacial score (nSPS) is 10.5. The second kappa shape index (κ2) is 6.26. The van der Waals surface area contributed by atoms with Gasteiger partial charge >= 0.3 is 0 Å². The first-order valence-corrected chi connectivity index (χ1v) is 6.54. The van der Waals surface area contributed by atoms with Crippen molar-refractivity contribution in [2.75, 3.05) is 0 Å². The molecule has 2 nitrogen and oxygen atoms in total. The summed E-state index contributed by atoms with van der Waals surface area (Å²) in [7, 11) is 0. The lowest BCUT2D eigenvalue weighted by molar-refractivity contribution is 0.0942. The van der Waals surface area contributed by atoms with Crippen molar-refractivity contribution in [2.45, 2.75) is 6.54 Å². The molecule has 0 aromatic heterocycles. The Labute approximate surface area is 125 Å². The summed E-state index contributed by atoms with van der Waals surface area (Å²) in [6, 6.07) is 4.96. The summed E-state index contributed by atoms with van der Waals surface area (Å²) in [5.74, 6) is -5.12. The zero-order valence-electron chi connectivity index (χ0n) is 10.4. The molecule has 0 aliphatic rings. The lowest BCUT2D eigenvalue weighted by Gasteiger charge is -2.08. The molecule has 0 atom stereocenters. The van der Waals surface area contributed by atoms with Crippen LogP contribution in [0.3, 0.4) is 0 Å². The van der Waals surface area contributed by atoms with Gasteiger partial charge in [-0.3, -0.25) is 4.79 Å². The highest BCUT2D eigenvalue weighted by atomic mass is 79.9. The molecule has 2 aromatic carbocycles. The van der Waals surface area contributed by atoms with Crippen molar-refractivity contribution in [1.29, 1.82) is 0 Å². The molecule has 110 valence electrons. The number of carbonyl (C=O) groups is 1. The zero-order chi connectivity index (χ0) is 15.6. The van der Waals surface area contributed by atoms with E-state index < -0.39 is 34.7 Å².